The van der Waals surface area contributed by atoms with Crippen molar-refractivity contribution >= 4 is 11.8 Å². The van der Waals surface area contributed by atoms with Crippen LogP contribution in [0, 0.1) is 0 Å². The number of fused-ring (bicyclic) bond motifs is 1. The Balaban J connectivity index is 1.72. The van der Waals surface area contributed by atoms with Crippen molar-refractivity contribution in [3.05, 3.63) is 65.2 Å². The minimum absolute atomic E-state index is 0.233. The molecule has 6 nitrogen and oxygen atoms in total. The molecule has 1 aliphatic rings. The van der Waals surface area contributed by atoms with Crippen LogP contribution < -0.4 is 10.1 Å². The van der Waals surface area contributed by atoms with Gasteiger partial charge in [-0.2, -0.15) is 0 Å². The number of nitrogens with one attached hydrogen (secondary N) is 1. The van der Waals surface area contributed by atoms with Crippen LogP contribution in [0.15, 0.2) is 48.5 Å². The summed E-state index contributed by atoms with van der Waals surface area (Å²) in [7, 11) is 1.58. The summed E-state index contributed by atoms with van der Waals surface area (Å²) in [6, 6.07) is 13.4. The van der Waals surface area contributed by atoms with Crippen molar-refractivity contribution in [1.29, 1.82) is 0 Å². The fraction of sp³-hybridized carbons (Fsp3) is 0.300. The molecule has 2 N–H and O–H groups in total. The maximum absolute atomic E-state index is 12.7. The van der Waals surface area contributed by atoms with Gasteiger partial charge in [-0.15, -0.1) is 0 Å². The van der Waals surface area contributed by atoms with Gasteiger partial charge in [0.2, 0.25) is 5.91 Å². The van der Waals surface area contributed by atoms with E-state index in [1.807, 2.05) is 43.3 Å². The van der Waals surface area contributed by atoms with Gasteiger partial charge >= 0.3 is 0 Å². The van der Waals surface area contributed by atoms with Gasteiger partial charge in [-0.1, -0.05) is 30.3 Å². The second-order valence-corrected chi connectivity index (χ2v) is 6.30. The lowest BCUT2D eigenvalue weighted by Crippen LogP contribution is -2.49. The van der Waals surface area contributed by atoms with Crippen molar-refractivity contribution in [3.63, 3.8) is 0 Å². The van der Waals surface area contributed by atoms with Gasteiger partial charge in [0.25, 0.3) is 5.91 Å². The van der Waals surface area contributed by atoms with Gasteiger partial charge < -0.3 is 20.1 Å². The molecule has 1 heterocycles. The molecule has 0 radical (unpaired) electrons. The number of carbonyl (C=O) groups excluding carboxylic acids is 2. The van der Waals surface area contributed by atoms with Crippen LogP contribution in [0.1, 0.15) is 34.5 Å². The van der Waals surface area contributed by atoms with E-state index in [0.29, 0.717) is 17.9 Å². The molecule has 136 valence electrons. The summed E-state index contributed by atoms with van der Waals surface area (Å²) in [6.45, 7) is 1.74. The van der Waals surface area contributed by atoms with Crippen LogP contribution in [0.25, 0.3) is 0 Å². The van der Waals surface area contributed by atoms with Gasteiger partial charge in [-0.3, -0.25) is 9.59 Å². The molecule has 1 aliphatic heterocycles. The number of hydrogen-bond acceptors (Lipinski definition) is 4. The Kier molecular flexibility index (Phi) is 5.23. The molecular weight excluding hydrogens is 332 g/mol. The standard InChI is InChI=1S/C20H22N2O4/c1-13(14-7-5-8-16(10-14)26-2)21-19(24)18(12-23)22-11-15-6-3-4-9-17(15)20(22)25/h3-10,13,18,23H,11-12H2,1-2H3,(H,21,24)/t13-,18?/m1/s1. The first-order valence-corrected chi connectivity index (χ1v) is 8.49. The normalized spacial score (nSPS) is 15.3. The maximum atomic E-state index is 12.7. The van der Waals surface area contributed by atoms with Crippen molar-refractivity contribution in [2.24, 2.45) is 0 Å². The largest absolute Gasteiger partial charge is 0.497 e. The average Bonchev–Trinajstić information content (AvgIpc) is 2.99. The van der Waals surface area contributed by atoms with Gasteiger partial charge in [0.1, 0.15) is 11.8 Å². The third-order valence-corrected chi connectivity index (χ3v) is 4.65. The zero-order chi connectivity index (χ0) is 18.7. The number of carbonyl (C=O) groups is 2. The number of amides is 2. The molecule has 0 saturated carbocycles. The van der Waals surface area contributed by atoms with E-state index < -0.39 is 12.6 Å². The van der Waals surface area contributed by atoms with Crippen LogP contribution in [-0.2, 0) is 11.3 Å². The van der Waals surface area contributed by atoms with Gasteiger partial charge in [0.15, 0.2) is 0 Å². The number of hydrogen-bond donors (Lipinski definition) is 2. The lowest BCUT2D eigenvalue weighted by atomic mass is 10.1. The molecule has 2 atom stereocenters. The number of ether oxygens (including phenoxy) is 1. The molecule has 1 unspecified atom stereocenters. The Labute approximate surface area is 152 Å². The molecule has 26 heavy (non-hydrogen) atoms. The monoisotopic (exact) mass is 354 g/mol. The molecule has 3 rings (SSSR count). The van der Waals surface area contributed by atoms with E-state index in [4.69, 9.17) is 4.74 Å². The van der Waals surface area contributed by atoms with E-state index in [1.165, 1.54) is 4.90 Å². The minimum Gasteiger partial charge on any atom is -0.497 e. The average molecular weight is 354 g/mol. The third-order valence-electron chi connectivity index (χ3n) is 4.65. The van der Waals surface area contributed by atoms with E-state index in [0.717, 1.165) is 11.1 Å². The van der Waals surface area contributed by atoms with Crippen LogP contribution >= 0.6 is 0 Å². The lowest BCUT2D eigenvalue weighted by Gasteiger charge is -2.27. The van der Waals surface area contributed by atoms with Gasteiger partial charge in [0, 0.05) is 12.1 Å². The highest BCUT2D eigenvalue weighted by Crippen LogP contribution is 2.25. The number of benzene rings is 2. The first-order valence-electron chi connectivity index (χ1n) is 8.49. The highest BCUT2D eigenvalue weighted by Gasteiger charge is 2.36. The van der Waals surface area contributed by atoms with E-state index >= 15 is 0 Å². The van der Waals surface area contributed by atoms with Gasteiger partial charge in [-0.05, 0) is 36.2 Å². The SMILES string of the molecule is COc1cccc([C@@H](C)NC(=O)C(CO)N2Cc3ccccc3C2=O)c1. The Morgan fingerprint density at radius 3 is 2.73 bits per heavy atom. The molecule has 0 spiro atoms. The minimum atomic E-state index is -0.928. The molecule has 0 fully saturated rings. The molecule has 6 heteroatoms. The number of aliphatic hydroxyl groups is 1. The molecule has 2 aromatic rings. The van der Waals surface area contributed by atoms with Gasteiger partial charge in [-0.25, -0.2) is 0 Å². The summed E-state index contributed by atoms with van der Waals surface area (Å²) in [5.74, 6) is 0.0836. The maximum Gasteiger partial charge on any atom is 0.255 e. The summed E-state index contributed by atoms with van der Waals surface area (Å²) in [5.41, 5.74) is 2.33. The number of methoxy groups -OCH3 is 1. The second-order valence-electron chi connectivity index (χ2n) is 6.30. The molecule has 0 aliphatic carbocycles. The van der Waals surface area contributed by atoms with E-state index in [1.54, 1.807) is 19.2 Å². The van der Waals surface area contributed by atoms with Gasteiger partial charge in [0.05, 0.1) is 19.8 Å². The van der Waals surface area contributed by atoms with E-state index in [9.17, 15) is 14.7 Å². The van der Waals surface area contributed by atoms with Crippen molar-refractivity contribution in [2.75, 3.05) is 13.7 Å². The summed E-state index contributed by atoms with van der Waals surface area (Å²) < 4.78 is 5.20. The molecule has 2 amide bonds. The number of rotatable bonds is 6. The highest BCUT2D eigenvalue weighted by atomic mass is 16.5. The predicted octanol–water partition coefficient (Wildman–Crippen LogP) is 1.89. The molecule has 0 saturated heterocycles. The smallest absolute Gasteiger partial charge is 0.255 e. The van der Waals surface area contributed by atoms with Crippen LogP contribution in [0.2, 0.25) is 0 Å². The molecule has 2 aromatic carbocycles. The van der Waals surface area contributed by atoms with E-state index in [2.05, 4.69) is 5.32 Å². The van der Waals surface area contributed by atoms with Crippen molar-refractivity contribution < 1.29 is 19.4 Å². The topological polar surface area (TPSA) is 78.9 Å². The molecule has 0 bridgehead atoms. The number of aliphatic hydroxyl groups excluding tert-OH is 1. The molecular formula is C20H22N2O4. The van der Waals surface area contributed by atoms with Crippen LogP contribution in [0.5, 0.6) is 5.75 Å². The summed E-state index contributed by atoms with van der Waals surface area (Å²) >= 11 is 0. The van der Waals surface area contributed by atoms with E-state index in [-0.39, 0.29) is 17.9 Å². The first-order chi connectivity index (χ1) is 12.5. The quantitative estimate of drug-likeness (QED) is 0.830. The molecule has 0 aromatic heterocycles. The van der Waals surface area contributed by atoms with Crippen LogP contribution in [0.3, 0.4) is 0 Å². The fourth-order valence-electron chi connectivity index (χ4n) is 3.16. The lowest BCUT2D eigenvalue weighted by molar-refractivity contribution is -0.127. The summed E-state index contributed by atoms with van der Waals surface area (Å²) in [6.07, 6.45) is 0. The highest BCUT2D eigenvalue weighted by molar-refractivity contribution is 6.01. The second kappa shape index (κ2) is 7.58. The Bertz CT molecular complexity index is 821. The van der Waals surface area contributed by atoms with Crippen LogP contribution in [0.4, 0.5) is 0 Å². The van der Waals surface area contributed by atoms with Crippen molar-refractivity contribution in [3.8, 4) is 5.75 Å². The van der Waals surface area contributed by atoms with Crippen LogP contribution in [-0.4, -0.2) is 41.6 Å². The third kappa shape index (κ3) is 3.41. The summed E-state index contributed by atoms with van der Waals surface area (Å²) in [5, 5.41) is 12.6. The van der Waals surface area contributed by atoms with Crippen molar-refractivity contribution in [2.45, 2.75) is 25.6 Å². The zero-order valence-electron chi connectivity index (χ0n) is 14.8. The number of nitrogens with zero attached hydrogens (tertiary/aromatic N) is 1. The predicted molar refractivity (Wildman–Crippen MR) is 96.7 cm³/mol. The summed E-state index contributed by atoms with van der Waals surface area (Å²) in [4.78, 5) is 26.7. The fourth-order valence-corrected chi connectivity index (χ4v) is 3.16. The van der Waals surface area contributed by atoms with Crippen molar-refractivity contribution in [1.82, 2.24) is 10.2 Å². The Morgan fingerprint density at radius 1 is 1.27 bits per heavy atom. The Morgan fingerprint density at radius 2 is 2.04 bits per heavy atom. The first kappa shape index (κ1) is 17.9. The Hall–Kier alpha value is -2.86. The zero-order valence-corrected chi connectivity index (χ0v) is 14.8.